The van der Waals surface area contributed by atoms with Crippen LogP contribution in [-0.2, 0) is 9.53 Å². The van der Waals surface area contributed by atoms with Crippen LogP contribution in [0, 0.1) is 6.92 Å². The number of benzene rings is 4. The Morgan fingerprint density at radius 1 is 0.857 bits per heavy atom. The highest BCUT2D eigenvalue weighted by molar-refractivity contribution is 7.99. The average Bonchev–Trinajstić information content (AvgIpc) is 2.88. The van der Waals surface area contributed by atoms with Gasteiger partial charge in [-0.2, -0.15) is 0 Å². The van der Waals surface area contributed by atoms with E-state index in [1.807, 2.05) is 97.9 Å². The van der Waals surface area contributed by atoms with Crippen LogP contribution in [-0.4, -0.2) is 41.3 Å². The van der Waals surface area contributed by atoms with Crippen molar-refractivity contribution >= 4 is 28.5 Å². The topological polar surface area (TPSA) is 76.0 Å². The molecule has 0 fully saturated rings. The fraction of sp³-hybridized carbons (Fsp3) is 0.207. The molecule has 0 heterocycles. The van der Waals surface area contributed by atoms with Crippen molar-refractivity contribution in [3.63, 3.8) is 0 Å². The average molecular weight is 489 g/mol. The van der Waals surface area contributed by atoms with Crippen LogP contribution in [0.4, 0.5) is 0 Å². The normalized spacial score (nSPS) is 12.1. The minimum Gasteiger partial charge on any atom is -0.481 e. The van der Waals surface area contributed by atoms with Gasteiger partial charge in [0.25, 0.3) is 0 Å². The Bertz CT molecular complexity index is 1220. The van der Waals surface area contributed by atoms with Gasteiger partial charge in [-0.05, 0) is 35.1 Å². The number of aliphatic hydroxyl groups is 1. The van der Waals surface area contributed by atoms with Gasteiger partial charge in [-0.1, -0.05) is 84.9 Å². The van der Waals surface area contributed by atoms with E-state index in [-0.39, 0.29) is 12.7 Å². The van der Waals surface area contributed by atoms with Gasteiger partial charge in [0.05, 0.1) is 12.7 Å². The first-order valence-electron chi connectivity index (χ1n) is 11.4. The number of carboxylic acids is 1. The van der Waals surface area contributed by atoms with Crippen LogP contribution in [0.3, 0.4) is 0 Å². The Balaban J connectivity index is 1.44. The van der Waals surface area contributed by atoms with Crippen molar-refractivity contribution in [2.75, 3.05) is 19.0 Å². The standard InChI is InChI=1S/C29H28O5S/c1-20-15-16-24-25(28(20)34-18-27(31)32)13-8-14-26(24)35-19-23(30)17-33-29(21-9-4-2-5-10-21)22-11-6-3-7-12-22/h2-16,23,29-30H,17-19H2,1H3,(H,31,32). The molecule has 0 aromatic heterocycles. The number of rotatable bonds is 11. The number of thioether (sulfide) groups is 1. The highest BCUT2D eigenvalue weighted by Crippen LogP contribution is 2.36. The molecule has 4 aromatic carbocycles. The molecular formula is C29H28O5S. The molecule has 5 nitrogen and oxygen atoms in total. The summed E-state index contributed by atoms with van der Waals surface area (Å²) in [7, 11) is 0. The van der Waals surface area contributed by atoms with Gasteiger partial charge in [-0.25, -0.2) is 4.79 Å². The molecular weight excluding hydrogens is 460 g/mol. The van der Waals surface area contributed by atoms with Gasteiger partial charge >= 0.3 is 5.97 Å². The van der Waals surface area contributed by atoms with Crippen LogP contribution in [0.25, 0.3) is 10.8 Å². The molecule has 0 saturated carbocycles. The van der Waals surface area contributed by atoms with Crippen molar-refractivity contribution < 1.29 is 24.5 Å². The summed E-state index contributed by atoms with van der Waals surface area (Å²) in [5, 5.41) is 21.6. The second kappa shape index (κ2) is 11.9. The van der Waals surface area contributed by atoms with E-state index < -0.39 is 18.7 Å². The number of fused-ring (bicyclic) bond motifs is 1. The van der Waals surface area contributed by atoms with Gasteiger partial charge in [-0.3, -0.25) is 0 Å². The highest BCUT2D eigenvalue weighted by atomic mass is 32.2. The number of carbonyl (C=O) groups is 1. The Labute approximate surface area is 209 Å². The lowest BCUT2D eigenvalue weighted by Gasteiger charge is -2.21. The molecule has 0 radical (unpaired) electrons. The number of aryl methyl sites for hydroxylation is 1. The third-order valence-corrected chi connectivity index (χ3v) is 6.82. The molecule has 6 heteroatoms. The maximum absolute atomic E-state index is 11.0. The maximum atomic E-state index is 11.0. The van der Waals surface area contributed by atoms with Crippen LogP contribution in [0.15, 0.2) is 95.9 Å². The third-order valence-electron chi connectivity index (χ3n) is 5.60. The molecule has 4 aromatic rings. The summed E-state index contributed by atoms with van der Waals surface area (Å²) in [5.74, 6) is 0.0124. The van der Waals surface area contributed by atoms with Gasteiger partial charge in [0.1, 0.15) is 11.9 Å². The molecule has 0 aliphatic carbocycles. The predicted molar refractivity (Wildman–Crippen MR) is 139 cm³/mol. The fourth-order valence-corrected chi connectivity index (χ4v) is 4.92. The number of hydrogen-bond acceptors (Lipinski definition) is 5. The molecule has 2 N–H and O–H groups in total. The summed E-state index contributed by atoms with van der Waals surface area (Å²) < 4.78 is 11.8. The van der Waals surface area contributed by atoms with E-state index in [1.54, 1.807) is 0 Å². The van der Waals surface area contributed by atoms with Crippen LogP contribution >= 0.6 is 11.8 Å². The maximum Gasteiger partial charge on any atom is 0.341 e. The first kappa shape index (κ1) is 24.8. The largest absolute Gasteiger partial charge is 0.481 e. The summed E-state index contributed by atoms with van der Waals surface area (Å²) in [6.07, 6.45) is -0.926. The second-order valence-corrected chi connectivity index (χ2v) is 9.31. The molecule has 0 aliphatic rings. The molecule has 0 bridgehead atoms. The zero-order valence-electron chi connectivity index (χ0n) is 19.5. The van der Waals surface area contributed by atoms with E-state index in [0.29, 0.717) is 11.5 Å². The van der Waals surface area contributed by atoms with Gasteiger partial charge < -0.3 is 19.7 Å². The lowest BCUT2D eigenvalue weighted by atomic mass is 10.0. The number of ether oxygens (including phenoxy) is 2. The Morgan fingerprint density at radius 3 is 2.14 bits per heavy atom. The number of carboxylic acid groups (broad SMARTS) is 1. The number of aliphatic carboxylic acids is 1. The van der Waals surface area contributed by atoms with E-state index in [1.165, 1.54) is 11.8 Å². The molecule has 180 valence electrons. The minimum absolute atomic E-state index is 0.193. The zero-order chi connectivity index (χ0) is 24.6. The van der Waals surface area contributed by atoms with Gasteiger partial charge in [0, 0.05) is 16.0 Å². The summed E-state index contributed by atoms with van der Waals surface area (Å²) in [5.41, 5.74) is 2.95. The Morgan fingerprint density at radius 2 is 1.51 bits per heavy atom. The van der Waals surface area contributed by atoms with Crippen molar-refractivity contribution in [3.8, 4) is 5.75 Å². The van der Waals surface area contributed by atoms with Crippen LogP contribution in [0.5, 0.6) is 5.75 Å². The minimum atomic E-state index is -1.01. The van der Waals surface area contributed by atoms with Crippen molar-refractivity contribution in [2.45, 2.75) is 24.0 Å². The predicted octanol–water partition coefficient (Wildman–Crippen LogP) is 5.87. The van der Waals surface area contributed by atoms with Gasteiger partial charge in [-0.15, -0.1) is 11.8 Å². The Kier molecular flexibility index (Phi) is 8.42. The molecule has 4 rings (SSSR count). The quantitative estimate of drug-likeness (QED) is 0.257. The van der Waals surface area contributed by atoms with Crippen molar-refractivity contribution in [2.24, 2.45) is 0 Å². The first-order valence-corrected chi connectivity index (χ1v) is 12.4. The summed E-state index contributed by atoms with van der Waals surface area (Å²) >= 11 is 1.54. The molecule has 0 saturated heterocycles. The van der Waals surface area contributed by atoms with Crippen LogP contribution in [0.2, 0.25) is 0 Å². The van der Waals surface area contributed by atoms with Crippen molar-refractivity contribution in [1.29, 1.82) is 0 Å². The van der Waals surface area contributed by atoms with Gasteiger partial charge in [0.15, 0.2) is 6.61 Å². The van der Waals surface area contributed by atoms with E-state index >= 15 is 0 Å². The Hall–Kier alpha value is -3.32. The van der Waals surface area contributed by atoms with E-state index in [2.05, 4.69) is 0 Å². The second-order valence-electron chi connectivity index (χ2n) is 8.24. The highest BCUT2D eigenvalue weighted by Gasteiger charge is 2.17. The smallest absolute Gasteiger partial charge is 0.341 e. The summed E-state index contributed by atoms with van der Waals surface area (Å²) in [4.78, 5) is 12.0. The molecule has 1 atom stereocenters. The van der Waals surface area contributed by atoms with E-state index in [4.69, 9.17) is 14.6 Å². The van der Waals surface area contributed by atoms with Crippen molar-refractivity contribution in [1.82, 2.24) is 0 Å². The molecule has 0 aliphatic heterocycles. The molecule has 1 unspecified atom stereocenters. The van der Waals surface area contributed by atoms with Crippen molar-refractivity contribution in [3.05, 3.63) is 108 Å². The lowest BCUT2D eigenvalue weighted by Crippen LogP contribution is -2.20. The van der Waals surface area contributed by atoms with Crippen LogP contribution < -0.4 is 4.74 Å². The van der Waals surface area contributed by atoms with Crippen LogP contribution in [0.1, 0.15) is 22.8 Å². The fourth-order valence-electron chi connectivity index (χ4n) is 3.94. The summed E-state index contributed by atoms with van der Waals surface area (Å²) in [6, 6.07) is 29.8. The number of aliphatic hydroxyl groups excluding tert-OH is 1. The lowest BCUT2D eigenvalue weighted by molar-refractivity contribution is -0.139. The molecule has 0 spiro atoms. The van der Waals surface area contributed by atoms with Gasteiger partial charge in [0.2, 0.25) is 0 Å². The van der Waals surface area contributed by atoms with E-state index in [9.17, 15) is 9.90 Å². The van der Waals surface area contributed by atoms with E-state index in [0.717, 1.165) is 32.4 Å². The zero-order valence-corrected chi connectivity index (χ0v) is 20.3. The third kappa shape index (κ3) is 6.42. The molecule has 0 amide bonds. The monoisotopic (exact) mass is 488 g/mol. The summed E-state index contributed by atoms with van der Waals surface area (Å²) in [6.45, 7) is 1.70. The SMILES string of the molecule is Cc1ccc2c(SCC(O)COC(c3ccccc3)c3ccccc3)cccc2c1OCC(=O)O. The molecule has 35 heavy (non-hydrogen) atoms. The first-order chi connectivity index (χ1) is 17.0. The number of hydrogen-bond donors (Lipinski definition) is 2.